The van der Waals surface area contributed by atoms with E-state index in [0.29, 0.717) is 24.2 Å². The number of piperidine rings is 1. The molecule has 1 aromatic heterocycles. The minimum Gasteiger partial charge on any atom is -0.481 e. The first-order valence-corrected chi connectivity index (χ1v) is 10.4. The van der Waals surface area contributed by atoms with Crippen molar-refractivity contribution in [3.8, 4) is 16.9 Å². The van der Waals surface area contributed by atoms with E-state index < -0.39 is 0 Å². The fraction of sp³-hybridized carbons (Fsp3) is 0.458. The third kappa shape index (κ3) is 1.87. The van der Waals surface area contributed by atoms with Crippen LogP contribution < -0.4 is 4.74 Å². The number of likely N-dealkylation sites (tertiary alicyclic amines) is 1. The van der Waals surface area contributed by atoms with Crippen LogP contribution in [0.5, 0.6) is 5.75 Å². The van der Waals surface area contributed by atoms with Gasteiger partial charge in [-0.25, -0.2) is 0 Å². The normalized spacial score (nSPS) is 32.8. The molecule has 6 rings (SSSR count). The Bertz CT molecular complexity index is 992. The first-order valence-electron chi connectivity index (χ1n) is 10.4. The maximum absolute atomic E-state index is 13.0. The number of nitrogens with zero attached hydrogens (tertiary/aromatic N) is 1. The predicted octanol–water partition coefficient (Wildman–Crippen LogP) is 4.05. The summed E-state index contributed by atoms with van der Waals surface area (Å²) in [6, 6.07) is 4.71. The predicted molar refractivity (Wildman–Crippen MR) is 107 cm³/mol. The lowest BCUT2D eigenvalue weighted by molar-refractivity contribution is -0.138. The Hall–Kier alpha value is -2.33. The monoisotopic (exact) mass is 375 g/mol. The Morgan fingerprint density at radius 1 is 1.43 bits per heavy atom. The maximum atomic E-state index is 13.0. The lowest BCUT2D eigenvalue weighted by atomic mass is 9.51. The zero-order chi connectivity index (χ0) is 19.0. The molecule has 1 saturated heterocycles. The molecule has 1 aromatic carbocycles. The van der Waals surface area contributed by atoms with Crippen LogP contribution in [0.2, 0.25) is 0 Å². The van der Waals surface area contributed by atoms with Gasteiger partial charge in [0.25, 0.3) is 0 Å². The summed E-state index contributed by atoms with van der Waals surface area (Å²) in [7, 11) is 0. The molecule has 1 saturated carbocycles. The number of ether oxygens (including phenoxy) is 1. The Labute approximate surface area is 165 Å². The molecule has 4 nitrogen and oxygen atoms in total. The van der Waals surface area contributed by atoms with Crippen molar-refractivity contribution in [1.29, 1.82) is 0 Å². The zero-order valence-corrected chi connectivity index (χ0v) is 16.2. The van der Waals surface area contributed by atoms with Gasteiger partial charge in [0.15, 0.2) is 11.9 Å². The average Bonchev–Trinajstić information content (AvgIpc) is 3.32. The molecule has 0 radical (unpaired) electrons. The molecule has 4 atom stereocenters. The first kappa shape index (κ1) is 16.6. The Kier molecular flexibility index (Phi) is 3.32. The summed E-state index contributed by atoms with van der Waals surface area (Å²) in [5, 5.41) is 0. The highest BCUT2D eigenvalue weighted by molar-refractivity contribution is 5.90. The van der Waals surface area contributed by atoms with Crippen molar-refractivity contribution in [2.24, 2.45) is 5.92 Å². The summed E-state index contributed by atoms with van der Waals surface area (Å²) < 4.78 is 11.9. The van der Waals surface area contributed by atoms with Crippen LogP contribution in [0.15, 0.2) is 41.7 Å². The molecule has 28 heavy (non-hydrogen) atoms. The average molecular weight is 375 g/mol. The summed E-state index contributed by atoms with van der Waals surface area (Å²) in [6.45, 7) is 8.01. The van der Waals surface area contributed by atoms with E-state index in [1.807, 2.05) is 18.4 Å². The molecular formula is C24H25NO3. The highest BCUT2D eigenvalue weighted by atomic mass is 16.5. The third-order valence-electron chi connectivity index (χ3n) is 7.75. The molecule has 144 valence electrons. The SMILES string of the molecule is C=CCN1CCC23c4c5c(-c6ccoc6)cc(C)c4OC2C(=O)CCC3C1C5. The van der Waals surface area contributed by atoms with Crippen molar-refractivity contribution >= 4 is 5.78 Å². The number of carbonyl (C=O) groups is 1. The van der Waals surface area contributed by atoms with Crippen LogP contribution in [0.3, 0.4) is 0 Å². The quantitative estimate of drug-likeness (QED) is 0.759. The van der Waals surface area contributed by atoms with E-state index in [-0.39, 0.29) is 11.5 Å². The van der Waals surface area contributed by atoms with Gasteiger partial charge in [0.05, 0.1) is 12.5 Å². The standard InChI is InChI=1S/C24H25NO3/c1-3-8-25-9-7-24-18-4-5-20(26)23(24)28-22-14(2)11-16(15-6-10-27-13-15)17(21(22)24)12-19(18)25/h3,6,10-11,13,18-19,23H,1,4-5,7-9,12H2,2H3. The van der Waals surface area contributed by atoms with E-state index in [9.17, 15) is 4.79 Å². The smallest absolute Gasteiger partial charge is 0.174 e. The van der Waals surface area contributed by atoms with E-state index in [2.05, 4.69) is 24.5 Å². The zero-order valence-electron chi connectivity index (χ0n) is 16.2. The lowest BCUT2D eigenvalue weighted by Gasteiger charge is -2.57. The summed E-state index contributed by atoms with van der Waals surface area (Å²) in [6.07, 6.45) is 8.91. The van der Waals surface area contributed by atoms with Crippen LogP contribution in [0.25, 0.3) is 11.1 Å². The van der Waals surface area contributed by atoms with E-state index >= 15 is 0 Å². The van der Waals surface area contributed by atoms with Crippen molar-refractivity contribution in [3.05, 3.63) is 54.0 Å². The van der Waals surface area contributed by atoms with Crippen LogP contribution in [-0.2, 0) is 16.6 Å². The molecule has 2 aliphatic carbocycles. The van der Waals surface area contributed by atoms with Crippen LogP contribution in [0.4, 0.5) is 0 Å². The van der Waals surface area contributed by atoms with Gasteiger partial charge in [0.2, 0.25) is 0 Å². The molecule has 2 fully saturated rings. The van der Waals surface area contributed by atoms with E-state index in [1.165, 1.54) is 16.7 Å². The van der Waals surface area contributed by atoms with Crippen molar-refractivity contribution in [3.63, 3.8) is 0 Å². The van der Waals surface area contributed by atoms with Crippen LogP contribution in [-0.4, -0.2) is 35.9 Å². The number of aryl methyl sites for hydroxylation is 1. The Balaban J connectivity index is 1.64. The largest absolute Gasteiger partial charge is 0.481 e. The maximum Gasteiger partial charge on any atom is 0.174 e. The molecule has 0 amide bonds. The Morgan fingerprint density at radius 3 is 3.11 bits per heavy atom. The molecule has 4 heteroatoms. The first-order chi connectivity index (χ1) is 13.6. The van der Waals surface area contributed by atoms with Gasteiger partial charge in [0, 0.05) is 35.5 Å². The minimum atomic E-state index is -0.299. The summed E-state index contributed by atoms with van der Waals surface area (Å²) in [4.78, 5) is 15.6. The number of ketones is 1. The fourth-order valence-electron chi connectivity index (χ4n) is 6.74. The van der Waals surface area contributed by atoms with Gasteiger partial charge in [-0.2, -0.15) is 0 Å². The molecule has 4 aliphatic rings. The highest BCUT2D eigenvalue weighted by Gasteiger charge is 2.65. The number of rotatable bonds is 3. The molecular weight excluding hydrogens is 350 g/mol. The number of furan rings is 1. The fourth-order valence-corrected chi connectivity index (χ4v) is 6.74. The number of benzene rings is 1. The second-order valence-corrected chi connectivity index (χ2v) is 8.89. The second-order valence-electron chi connectivity index (χ2n) is 8.89. The van der Waals surface area contributed by atoms with Gasteiger partial charge in [-0.15, -0.1) is 6.58 Å². The number of carbonyl (C=O) groups excluding carboxylic acids is 1. The molecule has 1 spiro atoms. The van der Waals surface area contributed by atoms with Crippen molar-refractivity contribution in [1.82, 2.24) is 4.90 Å². The van der Waals surface area contributed by atoms with Gasteiger partial charge < -0.3 is 9.15 Å². The van der Waals surface area contributed by atoms with Gasteiger partial charge in [0.1, 0.15) is 5.75 Å². The Morgan fingerprint density at radius 2 is 2.32 bits per heavy atom. The highest BCUT2D eigenvalue weighted by Crippen LogP contribution is 2.63. The van der Waals surface area contributed by atoms with Crippen molar-refractivity contribution in [2.75, 3.05) is 13.1 Å². The van der Waals surface area contributed by atoms with Gasteiger partial charge in [-0.05, 0) is 67.5 Å². The number of hydrogen-bond acceptors (Lipinski definition) is 4. The van der Waals surface area contributed by atoms with E-state index in [4.69, 9.17) is 9.15 Å². The lowest BCUT2D eigenvalue weighted by Crippen LogP contribution is -2.66. The van der Waals surface area contributed by atoms with Crippen molar-refractivity contribution < 1.29 is 13.9 Å². The second kappa shape index (κ2) is 5.60. The number of Topliss-reactive ketones (excluding diaryl/α,β-unsaturated/α-hetero) is 1. The molecule has 2 aliphatic heterocycles. The number of hydrogen-bond donors (Lipinski definition) is 0. The van der Waals surface area contributed by atoms with Gasteiger partial charge in [-0.3, -0.25) is 9.69 Å². The minimum absolute atomic E-state index is 0.148. The topological polar surface area (TPSA) is 42.7 Å². The van der Waals surface area contributed by atoms with E-state index in [1.54, 1.807) is 6.26 Å². The van der Waals surface area contributed by atoms with Crippen LogP contribution in [0, 0.1) is 12.8 Å². The van der Waals surface area contributed by atoms with Gasteiger partial charge >= 0.3 is 0 Å². The molecule has 4 unspecified atom stereocenters. The van der Waals surface area contributed by atoms with Crippen molar-refractivity contribution in [2.45, 2.75) is 50.2 Å². The van der Waals surface area contributed by atoms with Crippen LogP contribution in [0.1, 0.15) is 36.0 Å². The summed E-state index contributed by atoms with van der Waals surface area (Å²) in [5.74, 6) is 1.76. The molecule has 0 N–H and O–H groups in total. The summed E-state index contributed by atoms with van der Waals surface area (Å²) in [5.41, 5.74) is 6.07. The molecule has 2 aromatic rings. The molecule has 3 heterocycles. The van der Waals surface area contributed by atoms with Gasteiger partial charge in [-0.1, -0.05) is 6.08 Å². The van der Waals surface area contributed by atoms with E-state index in [0.717, 1.165) is 49.2 Å². The molecule has 2 bridgehead atoms. The third-order valence-corrected chi connectivity index (χ3v) is 7.75. The van der Waals surface area contributed by atoms with Crippen LogP contribution >= 0.6 is 0 Å². The summed E-state index contributed by atoms with van der Waals surface area (Å²) >= 11 is 0.